The molecule has 17 heavy (non-hydrogen) atoms. The van der Waals surface area contributed by atoms with E-state index in [1.807, 2.05) is 6.20 Å². The van der Waals surface area contributed by atoms with Crippen molar-refractivity contribution in [1.82, 2.24) is 15.3 Å². The minimum atomic E-state index is 0.601. The summed E-state index contributed by atoms with van der Waals surface area (Å²) >= 11 is 3.56. The Hall–Kier alpha value is -0.680. The lowest BCUT2D eigenvalue weighted by Crippen LogP contribution is -2.44. The topological polar surface area (TPSA) is 41.1 Å². The molecule has 1 aromatic heterocycles. The van der Waals surface area contributed by atoms with E-state index in [0.29, 0.717) is 12.1 Å². The predicted molar refractivity (Wildman–Crippen MR) is 71.1 cm³/mol. The fourth-order valence-electron chi connectivity index (χ4n) is 3.03. The Morgan fingerprint density at radius 1 is 1.35 bits per heavy atom. The van der Waals surface area contributed by atoms with Gasteiger partial charge in [-0.05, 0) is 48.2 Å². The average Bonchev–Trinajstić information content (AvgIpc) is 3.00. The molecule has 2 fully saturated rings. The van der Waals surface area contributed by atoms with Gasteiger partial charge in [0, 0.05) is 24.8 Å². The van der Waals surface area contributed by atoms with Crippen molar-refractivity contribution in [2.45, 2.75) is 37.8 Å². The monoisotopic (exact) mass is 296 g/mol. The van der Waals surface area contributed by atoms with Crippen LogP contribution in [0.3, 0.4) is 0 Å². The maximum atomic E-state index is 4.42. The first-order valence-electron chi connectivity index (χ1n) is 6.32. The predicted octanol–water partition coefficient (Wildman–Crippen LogP) is 1.96. The Balaban J connectivity index is 1.84. The lowest BCUT2D eigenvalue weighted by atomic mass is 10.0. The Labute approximate surface area is 110 Å². The molecule has 1 N–H and O–H groups in total. The number of halogens is 1. The number of rotatable bonds is 2. The zero-order valence-corrected chi connectivity index (χ0v) is 11.4. The minimum Gasteiger partial charge on any atom is -0.351 e. The quantitative estimate of drug-likeness (QED) is 0.906. The van der Waals surface area contributed by atoms with Gasteiger partial charge in [0.1, 0.15) is 12.1 Å². The number of nitrogens with one attached hydrogen (secondary N) is 1. The SMILES string of the molecule is Brc1cncnc1N1CCCC1C1CCCN1. The van der Waals surface area contributed by atoms with Gasteiger partial charge in [0.2, 0.25) is 0 Å². The fourth-order valence-corrected chi connectivity index (χ4v) is 3.48. The van der Waals surface area contributed by atoms with Crippen LogP contribution in [0.25, 0.3) is 0 Å². The van der Waals surface area contributed by atoms with Gasteiger partial charge in [-0.25, -0.2) is 9.97 Å². The van der Waals surface area contributed by atoms with E-state index >= 15 is 0 Å². The highest BCUT2D eigenvalue weighted by Crippen LogP contribution is 2.32. The molecule has 2 atom stereocenters. The molecule has 0 aliphatic carbocycles. The molecule has 0 amide bonds. The fraction of sp³-hybridized carbons (Fsp3) is 0.667. The molecule has 3 heterocycles. The number of anilines is 1. The van der Waals surface area contributed by atoms with E-state index in [-0.39, 0.29) is 0 Å². The summed E-state index contributed by atoms with van der Waals surface area (Å²) in [6.45, 7) is 2.28. The summed E-state index contributed by atoms with van der Waals surface area (Å²) in [6.07, 6.45) is 8.61. The van der Waals surface area contributed by atoms with E-state index in [0.717, 1.165) is 16.8 Å². The largest absolute Gasteiger partial charge is 0.351 e. The van der Waals surface area contributed by atoms with Crippen molar-refractivity contribution in [3.63, 3.8) is 0 Å². The van der Waals surface area contributed by atoms with Gasteiger partial charge in [0.05, 0.1) is 4.47 Å². The Kier molecular flexibility index (Phi) is 3.29. The molecule has 92 valence electrons. The average molecular weight is 297 g/mol. The van der Waals surface area contributed by atoms with Crippen LogP contribution in [-0.4, -0.2) is 35.1 Å². The molecule has 0 bridgehead atoms. The van der Waals surface area contributed by atoms with Crippen LogP contribution in [0.15, 0.2) is 17.0 Å². The highest BCUT2D eigenvalue weighted by molar-refractivity contribution is 9.10. The second kappa shape index (κ2) is 4.90. The van der Waals surface area contributed by atoms with Crippen LogP contribution in [0.4, 0.5) is 5.82 Å². The lowest BCUT2D eigenvalue weighted by Gasteiger charge is -2.30. The van der Waals surface area contributed by atoms with Crippen LogP contribution in [0.1, 0.15) is 25.7 Å². The van der Waals surface area contributed by atoms with Crippen molar-refractivity contribution in [2.24, 2.45) is 0 Å². The summed E-state index contributed by atoms with van der Waals surface area (Å²) in [5, 5.41) is 3.62. The van der Waals surface area contributed by atoms with Gasteiger partial charge in [-0.1, -0.05) is 0 Å². The van der Waals surface area contributed by atoms with E-state index in [9.17, 15) is 0 Å². The first-order chi connectivity index (χ1) is 8.36. The second-order valence-electron chi connectivity index (χ2n) is 4.80. The van der Waals surface area contributed by atoms with Crippen LogP contribution in [-0.2, 0) is 0 Å². The Morgan fingerprint density at radius 3 is 3.06 bits per heavy atom. The van der Waals surface area contributed by atoms with Crippen molar-refractivity contribution >= 4 is 21.7 Å². The third-order valence-electron chi connectivity index (χ3n) is 3.78. The van der Waals surface area contributed by atoms with E-state index in [1.165, 1.54) is 32.2 Å². The summed E-state index contributed by atoms with van der Waals surface area (Å²) in [5.74, 6) is 1.05. The zero-order chi connectivity index (χ0) is 11.7. The summed E-state index contributed by atoms with van der Waals surface area (Å²) < 4.78 is 1.00. The molecule has 0 spiro atoms. The van der Waals surface area contributed by atoms with Crippen molar-refractivity contribution in [1.29, 1.82) is 0 Å². The highest BCUT2D eigenvalue weighted by Gasteiger charge is 2.34. The van der Waals surface area contributed by atoms with Crippen LogP contribution in [0.5, 0.6) is 0 Å². The second-order valence-corrected chi connectivity index (χ2v) is 5.65. The third kappa shape index (κ3) is 2.18. The molecule has 5 heteroatoms. The summed E-state index contributed by atoms with van der Waals surface area (Å²) in [5.41, 5.74) is 0. The van der Waals surface area contributed by atoms with Gasteiger partial charge in [0.15, 0.2) is 0 Å². The molecule has 0 radical (unpaired) electrons. The zero-order valence-electron chi connectivity index (χ0n) is 9.77. The third-order valence-corrected chi connectivity index (χ3v) is 4.34. The maximum Gasteiger partial charge on any atom is 0.146 e. The standard InChI is InChI=1S/C12H17BrN4/c13-9-7-14-8-16-12(9)17-6-2-4-11(17)10-3-1-5-15-10/h7-8,10-11,15H,1-6H2. The molecular formula is C12H17BrN4. The van der Waals surface area contributed by atoms with Crippen LogP contribution >= 0.6 is 15.9 Å². The van der Waals surface area contributed by atoms with Gasteiger partial charge in [-0.2, -0.15) is 0 Å². The van der Waals surface area contributed by atoms with Crippen LogP contribution < -0.4 is 10.2 Å². The molecule has 2 unspecified atom stereocenters. The maximum absolute atomic E-state index is 4.42. The van der Waals surface area contributed by atoms with Gasteiger partial charge in [0.25, 0.3) is 0 Å². The summed E-state index contributed by atoms with van der Waals surface area (Å²) in [7, 11) is 0. The van der Waals surface area contributed by atoms with E-state index in [4.69, 9.17) is 0 Å². The van der Waals surface area contributed by atoms with Crippen molar-refractivity contribution in [2.75, 3.05) is 18.0 Å². The molecular weight excluding hydrogens is 280 g/mol. The summed E-state index contributed by atoms with van der Waals surface area (Å²) in [4.78, 5) is 10.9. The number of nitrogens with zero attached hydrogens (tertiary/aromatic N) is 3. The van der Waals surface area contributed by atoms with E-state index in [2.05, 4.69) is 36.1 Å². The van der Waals surface area contributed by atoms with Gasteiger partial charge >= 0.3 is 0 Å². The van der Waals surface area contributed by atoms with Crippen molar-refractivity contribution < 1.29 is 0 Å². The number of aromatic nitrogens is 2. The molecule has 2 aliphatic heterocycles. The molecule has 3 rings (SSSR count). The lowest BCUT2D eigenvalue weighted by molar-refractivity contribution is 0.480. The van der Waals surface area contributed by atoms with Crippen molar-refractivity contribution in [3.05, 3.63) is 17.0 Å². The van der Waals surface area contributed by atoms with Crippen LogP contribution in [0.2, 0.25) is 0 Å². The van der Waals surface area contributed by atoms with Gasteiger partial charge in [-0.15, -0.1) is 0 Å². The number of hydrogen-bond donors (Lipinski definition) is 1. The molecule has 0 saturated carbocycles. The molecule has 2 saturated heterocycles. The molecule has 1 aromatic rings. The van der Waals surface area contributed by atoms with Gasteiger partial charge in [-0.3, -0.25) is 0 Å². The molecule has 0 aromatic carbocycles. The Morgan fingerprint density at radius 2 is 2.29 bits per heavy atom. The first kappa shape index (κ1) is 11.4. The van der Waals surface area contributed by atoms with Gasteiger partial charge < -0.3 is 10.2 Å². The number of hydrogen-bond acceptors (Lipinski definition) is 4. The highest BCUT2D eigenvalue weighted by atomic mass is 79.9. The first-order valence-corrected chi connectivity index (χ1v) is 7.11. The smallest absolute Gasteiger partial charge is 0.146 e. The van der Waals surface area contributed by atoms with Crippen molar-refractivity contribution in [3.8, 4) is 0 Å². The summed E-state index contributed by atoms with van der Waals surface area (Å²) in [6, 6.07) is 1.24. The van der Waals surface area contributed by atoms with E-state index in [1.54, 1.807) is 6.33 Å². The molecule has 4 nitrogen and oxygen atoms in total. The molecule has 2 aliphatic rings. The minimum absolute atomic E-state index is 0.601. The Bertz CT molecular complexity index is 392. The van der Waals surface area contributed by atoms with E-state index < -0.39 is 0 Å². The normalized spacial score (nSPS) is 28.9. The van der Waals surface area contributed by atoms with Crippen LogP contribution in [0, 0.1) is 0 Å².